The van der Waals surface area contributed by atoms with E-state index in [0.29, 0.717) is 36.0 Å². The Bertz CT molecular complexity index is 1970. The molecule has 12 nitrogen and oxygen atoms in total. The summed E-state index contributed by atoms with van der Waals surface area (Å²) in [5.74, 6) is -1.28. The van der Waals surface area contributed by atoms with Gasteiger partial charge in [0.15, 0.2) is 0 Å². The second kappa shape index (κ2) is 15.7. The van der Waals surface area contributed by atoms with E-state index in [1.54, 1.807) is 38.9 Å². The number of hydrogen-bond donors (Lipinski definition) is 3. The number of halogens is 1. The lowest BCUT2D eigenvalue weighted by Gasteiger charge is -2.20. The van der Waals surface area contributed by atoms with Crippen molar-refractivity contribution in [3.8, 4) is 5.75 Å². The topological polar surface area (TPSA) is 148 Å². The number of amides is 4. The number of aromatic nitrogens is 1. The van der Waals surface area contributed by atoms with Gasteiger partial charge in [0.1, 0.15) is 30.2 Å². The van der Waals surface area contributed by atoms with E-state index in [1.807, 2.05) is 54.6 Å². The number of ether oxygens (including phenoxy) is 2. The molecule has 1 unspecified atom stereocenters. The summed E-state index contributed by atoms with van der Waals surface area (Å²) in [4.78, 5) is 64.8. The van der Waals surface area contributed by atoms with Crippen molar-refractivity contribution in [3.05, 3.63) is 83.7 Å². The Hall–Kier alpha value is -5.36. The smallest absolute Gasteiger partial charge is 0.325 e. The maximum atomic E-state index is 13.7. The average molecular weight is 716 g/mol. The third kappa shape index (κ3) is 9.26. The maximum absolute atomic E-state index is 13.7. The zero-order valence-electron chi connectivity index (χ0n) is 29.3. The normalized spacial score (nSPS) is 13.8. The minimum absolute atomic E-state index is 0.0734. The van der Waals surface area contributed by atoms with Crippen LogP contribution in [0.3, 0.4) is 0 Å². The van der Waals surface area contributed by atoms with Gasteiger partial charge in [-0.25, -0.2) is 0 Å². The lowest BCUT2D eigenvalue weighted by Crippen LogP contribution is -2.35. The number of hydrogen-bond acceptors (Lipinski definition) is 7. The van der Waals surface area contributed by atoms with Crippen LogP contribution in [0.25, 0.3) is 10.8 Å². The van der Waals surface area contributed by atoms with Gasteiger partial charge in [-0.1, -0.05) is 36.4 Å². The van der Waals surface area contributed by atoms with Gasteiger partial charge in [-0.3, -0.25) is 24.0 Å². The zero-order chi connectivity index (χ0) is 36.9. The van der Waals surface area contributed by atoms with E-state index >= 15 is 0 Å². The molecule has 0 fully saturated rings. The lowest BCUT2D eigenvalue weighted by molar-refractivity contribution is -0.153. The Morgan fingerprint density at radius 1 is 0.922 bits per heavy atom. The SMILES string of the molecule is CC(=O)Nc1ccc2c3c(cc(OCc4ccccc4)c2c1)N(C(=O)CCC(=O)Nc1cc(C(=O)NCC(=O)OC(C)(C)C)n(C)c1)CC3CCl. The van der Waals surface area contributed by atoms with Crippen molar-refractivity contribution >= 4 is 69.0 Å². The molecule has 4 aromatic rings. The van der Waals surface area contributed by atoms with Crippen molar-refractivity contribution in [3.63, 3.8) is 0 Å². The standard InChI is InChI=1S/C38H42ClN5O7/c1-23(45)41-26-11-12-28-29(15-26)32(50-22-24-9-7-6-8-10-24)17-30-36(28)25(18-39)20-44(30)34(47)14-13-33(46)42-27-16-31(43(5)21-27)37(49)40-19-35(48)51-38(2,3)4/h6-12,15-17,21,25H,13-14,18-20,22H2,1-5H3,(H,40,49)(H,41,45)(H,42,46). The van der Waals surface area contributed by atoms with Crippen LogP contribution in [-0.4, -0.2) is 58.7 Å². The number of anilines is 3. The fourth-order valence-corrected chi connectivity index (χ4v) is 6.27. The highest BCUT2D eigenvalue weighted by molar-refractivity contribution is 6.19. The van der Waals surface area contributed by atoms with Gasteiger partial charge in [0.05, 0.1) is 11.4 Å². The molecule has 5 rings (SSSR count). The number of nitrogens with one attached hydrogen (secondary N) is 3. The number of fused-ring (bicyclic) bond motifs is 3. The van der Waals surface area contributed by atoms with Crippen LogP contribution in [-0.2, 0) is 37.6 Å². The second-order valence-corrected chi connectivity index (χ2v) is 13.7. The summed E-state index contributed by atoms with van der Waals surface area (Å²) in [5.41, 5.74) is 3.08. The Balaban J connectivity index is 1.29. The summed E-state index contributed by atoms with van der Waals surface area (Å²) in [6.45, 7) is 6.98. The Morgan fingerprint density at radius 2 is 1.67 bits per heavy atom. The molecule has 0 saturated heterocycles. The highest BCUT2D eigenvalue weighted by atomic mass is 35.5. The van der Waals surface area contributed by atoms with Crippen molar-refractivity contribution in [1.82, 2.24) is 9.88 Å². The van der Waals surface area contributed by atoms with Crippen LogP contribution in [0, 0.1) is 0 Å². The molecular weight excluding hydrogens is 674 g/mol. The number of nitrogens with zero attached hydrogens (tertiary/aromatic N) is 2. The predicted octanol–water partition coefficient (Wildman–Crippen LogP) is 5.88. The minimum atomic E-state index is -0.677. The van der Waals surface area contributed by atoms with Gasteiger partial charge in [-0.15, -0.1) is 11.6 Å². The first-order valence-electron chi connectivity index (χ1n) is 16.6. The van der Waals surface area contributed by atoms with Crippen molar-refractivity contribution in [2.24, 2.45) is 7.05 Å². The minimum Gasteiger partial charge on any atom is -0.488 e. The van der Waals surface area contributed by atoms with Gasteiger partial charge in [0.25, 0.3) is 5.91 Å². The molecule has 1 atom stereocenters. The first kappa shape index (κ1) is 36.9. The summed E-state index contributed by atoms with van der Waals surface area (Å²) >= 11 is 6.46. The van der Waals surface area contributed by atoms with Crippen LogP contribution in [0.1, 0.15) is 68.1 Å². The molecule has 1 aromatic heterocycles. The van der Waals surface area contributed by atoms with Gasteiger partial charge < -0.3 is 34.9 Å². The summed E-state index contributed by atoms with van der Waals surface area (Å²) in [7, 11) is 1.64. The number of carbonyl (C=O) groups is 5. The first-order chi connectivity index (χ1) is 24.2. The van der Waals surface area contributed by atoms with Crippen molar-refractivity contribution in [1.29, 1.82) is 0 Å². The molecule has 3 N–H and O–H groups in total. The van der Waals surface area contributed by atoms with Crippen molar-refractivity contribution < 1.29 is 33.4 Å². The molecule has 4 amide bonds. The fourth-order valence-electron chi connectivity index (χ4n) is 6.02. The van der Waals surface area contributed by atoms with Crippen LogP contribution in [0.2, 0.25) is 0 Å². The Labute approximate surface area is 301 Å². The number of esters is 1. The number of benzene rings is 3. The van der Waals surface area contributed by atoms with Crippen LogP contribution >= 0.6 is 11.6 Å². The summed E-state index contributed by atoms with van der Waals surface area (Å²) in [5, 5.41) is 9.74. The highest BCUT2D eigenvalue weighted by Crippen LogP contribution is 2.46. The van der Waals surface area contributed by atoms with E-state index < -0.39 is 23.4 Å². The quantitative estimate of drug-likeness (QED) is 0.123. The molecule has 0 radical (unpaired) electrons. The number of aryl methyl sites for hydroxylation is 1. The molecule has 0 aliphatic carbocycles. The van der Waals surface area contributed by atoms with E-state index in [1.165, 1.54) is 17.6 Å². The predicted molar refractivity (Wildman–Crippen MR) is 196 cm³/mol. The number of rotatable bonds is 12. The summed E-state index contributed by atoms with van der Waals surface area (Å²) in [6.07, 6.45) is 1.40. The average Bonchev–Trinajstić information content (AvgIpc) is 3.64. The molecule has 0 spiro atoms. The van der Waals surface area contributed by atoms with Crippen LogP contribution in [0.15, 0.2) is 66.9 Å². The van der Waals surface area contributed by atoms with E-state index in [-0.39, 0.29) is 48.7 Å². The van der Waals surface area contributed by atoms with E-state index in [2.05, 4.69) is 16.0 Å². The monoisotopic (exact) mass is 715 g/mol. The fraction of sp³-hybridized carbons (Fsp3) is 0.342. The van der Waals surface area contributed by atoms with Gasteiger partial charge in [0.2, 0.25) is 17.7 Å². The van der Waals surface area contributed by atoms with Gasteiger partial charge >= 0.3 is 5.97 Å². The molecule has 0 saturated carbocycles. The van der Waals surface area contributed by atoms with Crippen LogP contribution < -0.4 is 25.6 Å². The van der Waals surface area contributed by atoms with Crippen molar-refractivity contribution in [2.45, 2.75) is 58.7 Å². The molecule has 1 aliphatic rings. The van der Waals surface area contributed by atoms with Crippen LogP contribution in [0.4, 0.5) is 17.1 Å². The molecular formula is C38H42ClN5O7. The lowest BCUT2D eigenvalue weighted by atomic mass is 9.95. The third-order valence-corrected chi connectivity index (χ3v) is 8.54. The molecule has 3 aromatic carbocycles. The van der Waals surface area contributed by atoms with Crippen molar-refractivity contribution in [2.75, 3.05) is 34.5 Å². The summed E-state index contributed by atoms with van der Waals surface area (Å²) in [6, 6.07) is 18.6. The highest BCUT2D eigenvalue weighted by Gasteiger charge is 2.35. The number of alkyl halides is 1. The van der Waals surface area contributed by atoms with E-state index in [4.69, 9.17) is 21.1 Å². The van der Waals surface area contributed by atoms with Crippen LogP contribution in [0.5, 0.6) is 5.75 Å². The summed E-state index contributed by atoms with van der Waals surface area (Å²) < 4.78 is 13.1. The van der Waals surface area contributed by atoms with E-state index in [9.17, 15) is 24.0 Å². The Kier molecular flexibility index (Phi) is 11.3. The molecule has 2 heterocycles. The third-order valence-electron chi connectivity index (χ3n) is 8.17. The van der Waals surface area contributed by atoms with Gasteiger partial charge in [-0.2, -0.15) is 0 Å². The zero-order valence-corrected chi connectivity index (χ0v) is 30.1. The second-order valence-electron chi connectivity index (χ2n) is 13.4. The largest absolute Gasteiger partial charge is 0.488 e. The number of carbonyl (C=O) groups excluding carboxylic acids is 5. The van der Waals surface area contributed by atoms with E-state index in [0.717, 1.165) is 21.9 Å². The molecule has 0 bridgehead atoms. The maximum Gasteiger partial charge on any atom is 0.325 e. The Morgan fingerprint density at radius 3 is 2.35 bits per heavy atom. The molecule has 1 aliphatic heterocycles. The van der Waals surface area contributed by atoms with Gasteiger partial charge in [-0.05, 0) is 55.5 Å². The molecule has 268 valence electrons. The molecule has 13 heteroatoms. The first-order valence-corrected chi connectivity index (χ1v) is 17.1. The van der Waals surface area contributed by atoms with Gasteiger partial charge in [0, 0.05) is 68.5 Å². The molecule has 51 heavy (non-hydrogen) atoms.